The molecule has 0 aromatic heterocycles. The number of carbonyl (C=O) groups is 1. The van der Waals surface area contributed by atoms with Crippen molar-refractivity contribution in [3.05, 3.63) is 23.3 Å². The van der Waals surface area contributed by atoms with Crippen molar-refractivity contribution < 1.29 is 19.4 Å². The fraction of sp³-hybridized carbons (Fsp3) is 0.200. The van der Waals surface area contributed by atoms with Crippen molar-refractivity contribution in [1.82, 2.24) is 0 Å². The number of aromatic hydroxyl groups is 1. The number of aldehydes is 1. The van der Waals surface area contributed by atoms with E-state index in [1.54, 1.807) is 0 Å². The third kappa shape index (κ3) is 2.42. The van der Waals surface area contributed by atoms with E-state index >= 15 is 0 Å². The Kier molecular flexibility index (Phi) is 3.60. The van der Waals surface area contributed by atoms with Gasteiger partial charge in [0.2, 0.25) is 6.08 Å². The molecule has 0 bridgehead atoms. The number of isocyanates is 1. The first-order valence-corrected chi connectivity index (χ1v) is 4.11. The lowest BCUT2D eigenvalue weighted by Crippen LogP contribution is -1.94. The first-order valence-electron chi connectivity index (χ1n) is 4.11. The molecule has 78 valence electrons. The molecule has 1 rings (SSSR count). The number of carbonyl (C=O) groups excluding carboxylic acids is 2. The summed E-state index contributed by atoms with van der Waals surface area (Å²) in [7, 11) is 1.38. The zero-order chi connectivity index (χ0) is 11.3. The zero-order valence-corrected chi connectivity index (χ0v) is 8.06. The van der Waals surface area contributed by atoms with Crippen LogP contribution < -0.4 is 4.74 Å². The lowest BCUT2D eigenvalue weighted by molar-refractivity contribution is 0.112. The van der Waals surface area contributed by atoms with Crippen LogP contribution in [0.25, 0.3) is 0 Å². The van der Waals surface area contributed by atoms with Crippen molar-refractivity contribution in [1.29, 1.82) is 0 Å². The first kappa shape index (κ1) is 10.9. The van der Waals surface area contributed by atoms with Crippen LogP contribution in [0.1, 0.15) is 15.9 Å². The van der Waals surface area contributed by atoms with Crippen molar-refractivity contribution in [2.24, 2.45) is 4.99 Å². The fourth-order valence-electron chi connectivity index (χ4n) is 1.15. The molecule has 1 aromatic carbocycles. The molecule has 0 amide bonds. The smallest absolute Gasteiger partial charge is 0.235 e. The summed E-state index contributed by atoms with van der Waals surface area (Å²) in [5, 5.41) is 9.43. The molecule has 0 spiro atoms. The molecule has 0 saturated heterocycles. The monoisotopic (exact) mass is 207 g/mol. The van der Waals surface area contributed by atoms with Gasteiger partial charge in [0.05, 0.1) is 13.7 Å². The van der Waals surface area contributed by atoms with Crippen molar-refractivity contribution in [2.45, 2.75) is 6.54 Å². The number of phenolic OH excluding ortho intramolecular Hbond substituents is 1. The Hall–Kier alpha value is -2.13. The molecule has 15 heavy (non-hydrogen) atoms. The van der Waals surface area contributed by atoms with E-state index in [1.165, 1.54) is 25.3 Å². The van der Waals surface area contributed by atoms with Gasteiger partial charge < -0.3 is 9.84 Å². The van der Waals surface area contributed by atoms with Gasteiger partial charge in [0.1, 0.15) is 0 Å². The molecule has 0 aliphatic rings. The van der Waals surface area contributed by atoms with Crippen molar-refractivity contribution >= 4 is 12.4 Å². The Morgan fingerprint density at radius 3 is 2.87 bits per heavy atom. The Bertz CT molecular complexity index is 422. The summed E-state index contributed by atoms with van der Waals surface area (Å²) in [4.78, 5) is 23.9. The van der Waals surface area contributed by atoms with Crippen LogP contribution in [0, 0.1) is 0 Å². The number of methoxy groups -OCH3 is 1. The van der Waals surface area contributed by atoms with E-state index in [4.69, 9.17) is 4.74 Å². The van der Waals surface area contributed by atoms with E-state index in [0.717, 1.165) is 0 Å². The molecule has 0 radical (unpaired) electrons. The number of nitrogens with zero attached hydrogens (tertiary/aromatic N) is 1. The Morgan fingerprint density at radius 1 is 1.60 bits per heavy atom. The first-order chi connectivity index (χ1) is 7.22. The van der Waals surface area contributed by atoms with Gasteiger partial charge >= 0.3 is 0 Å². The van der Waals surface area contributed by atoms with Gasteiger partial charge in [-0.25, -0.2) is 9.79 Å². The van der Waals surface area contributed by atoms with Gasteiger partial charge in [0, 0.05) is 5.56 Å². The molecule has 1 N–H and O–H groups in total. The van der Waals surface area contributed by atoms with Crippen LogP contribution in [-0.2, 0) is 11.3 Å². The maximum Gasteiger partial charge on any atom is 0.235 e. The van der Waals surface area contributed by atoms with E-state index in [9.17, 15) is 14.7 Å². The van der Waals surface area contributed by atoms with Gasteiger partial charge in [0.15, 0.2) is 17.8 Å². The Labute approximate surface area is 86.0 Å². The molecule has 0 saturated carbocycles. The van der Waals surface area contributed by atoms with Gasteiger partial charge in [-0.2, -0.15) is 0 Å². The molecule has 0 heterocycles. The molecule has 0 atom stereocenters. The number of benzene rings is 1. The summed E-state index contributed by atoms with van der Waals surface area (Å²) in [6.45, 7) is 0.00906. The summed E-state index contributed by atoms with van der Waals surface area (Å²) in [6.07, 6.45) is 1.97. The highest BCUT2D eigenvalue weighted by Crippen LogP contribution is 2.29. The molecule has 1 aromatic rings. The Balaban J connectivity index is 3.20. The lowest BCUT2D eigenvalue weighted by atomic mass is 10.1. The SMILES string of the molecule is COc1cc(C=O)c(CN=C=O)cc1O. The number of phenols is 1. The van der Waals surface area contributed by atoms with E-state index in [0.29, 0.717) is 17.4 Å². The molecule has 0 unspecified atom stereocenters. The minimum atomic E-state index is -0.0980. The second kappa shape index (κ2) is 4.93. The lowest BCUT2D eigenvalue weighted by Gasteiger charge is -2.07. The second-order valence-corrected chi connectivity index (χ2v) is 2.75. The van der Waals surface area contributed by atoms with Crippen molar-refractivity contribution in [3.8, 4) is 11.5 Å². The largest absolute Gasteiger partial charge is 0.504 e. The minimum absolute atomic E-state index is 0.00906. The van der Waals surface area contributed by atoms with Gasteiger partial charge in [-0.3, -0.25) is 4.79 Å². The van der Waals surface area contributed by atoms with E-state index in [2.05, 4.69) is 4.99 Å². The summed E-state index contributed by atoms with van der Waals surface area (Å²) in [5.74, 6) is 0.107. The standard InChI is InChI=1S/C10H9NO4/c1-15-10-3-8(5-12)7(2-9(10)14)4-11-6-13/h2-3,5,14H,4H2,1H3. The number of hydrogen-bond acceptors (Lipinski definition) is 5. The molecule has 0 fully saturated rings. The van der Waals surface area contributed by atoms with Gasteiger partial charge in [-0.15, -0.1) is 0 Å². The molecular formula is C10H9NO4. The molecule has 5 nitrogen and oxygen atoms in total. The number of rotatable bonds is 4. The van der Waals surface area contributed by atoms with Gasteiger partial charge in [-0.1, -0.05) is 0 Å². The van der Waals surface area contributed by atoms with Crippen LogP contribution in [0.3, 0.4) is 0 Å². The van der Waals surface area contributed by atoms with Crippen molar-refractivity contribution in [2.75, 3.05) is 7.11 Å². The van der Waals surface area contributed by atoms with Crippen LogP contribution in [0.5, 0.6) is 11.5 Å². The third-order valence-corrected chi connectivity index (χ3v) is 1.88. The molecular weight excluding hydrogens is 198 g/mol. The van der Waals surface area contributed by atoms with Gasteiger partial charge in [-0.05, 0) is 17.7 Å². The van der Waals surface area contributed by atoms with Crippen LogP contribution in [0.2, 0.25) is 0 Å². The van der Waals surface area contributed by atoms with E-state index < -0.39 is 0 Å². The van der Waals surface area contributed by atoms with Crippen LogP contribution in [0.15, 0.2) is 17.1 Å². The van der Waals surface area contributed by atoms with E-state index in [1.807, 2.05) is 0 Å². The fourth-order valence-corrected chi connectivity index (χ4v) is 1.15. The summed E-state index contributed by atoms with van der Waals surface area (Å²) >= 11 is 0. The number of hydrogen-bond donors (Lipinski definition) is 1. The summed E-state index contributed by atoms with van der Waals surface area (Å²) in [5.41, 5.74) is 0.773. The average molecular weight is 207 g/mol. The van der Waals surface area contributed by atoms with Crippen LogP contribution in [0.4, 0.5) is 0 Å². The predicted octanol–water partition coefficient (Wildman–Crippen LogP) is 1.05. The average Bonchev–Trinajstić information content (AvgIpc) is 2.26. The topological polar surface area (TPSA) is 76.0 Å². The van der Waals surface area contributed by atoms with Crippen LogP contribution in [-0.4, -0.2) is 24.6 Å². The zero-order valence-electron chi connectivity index (χ0n) is 8.06. The maximum absolute atomic E-state index is 10.7. The number of aliphatic imine (C=N–C) groups is 1. The molecule has 0 aliphatic carbocycles. The van der Waals surface area contributed by atoms with E-state index in [-0.39, 0.29) is 18.0 Å². The minimum Gasteiger partial charge on any atom is -0.504 e. The summed E-state index contributed by atoms with van der Waals surface area (Å²) < 4.78 is 4.83. The second-order valence-electron chi connectivity index (χ2n) is 2.75. The van der Waals surface area contributed by atoms with Gasteiger partial charge in [0.25, 0.3) is 0 Å². The highest BCUT2D eigenvalue weighted by Gasteiger charge is 2.08. The highest BCUT2D eigenvalue weighted by atomic mass is 16.5. The number of ether oxygens (including phenoxy) is 1. The highest BCUT2D eigenvalue weighted by molar-refractivity contribution is 5.79. The summed E-state index contributed by atoms with van der Waals surface area (Å²) in [6, 6.07) is 2.72. The van der Waals surface area contributed by atoms with Crippen molar-refractivity contribution in [3.63, 3.8) is 0 Å². The molecule has 5 heteroatoms. The maximum atomic E-state index is 10.7. The van der Waals surface area contributed by atoms with Crippen LogP contribution >= 0.6 is 0 Å². The third-order valence-electron chi connectivity index (χ3n) is 1.88. The quantitative estimate of drug-likeness (QED) is 0.455. The predicted molar refractivity (Wildman–Crippen MR) is 51.9 cm³/mol. The molecule has 0 aliphatic heterocycles. The normalized spacial score (nSPS) is 9.13. The Morgan fingerprint density at radius 2 is 2.33 bits per heavy atom.